The maximum atomic E-state index is 10.4. The van der Waals surface area contributed by atoms with E-state index < -0.39 is 5.97 Å². The summed E-state index contributed by atoms with van der Waals surface area (Å²) in [6, 6.07) is 9.57. The van der Waals surface area contributed by atoms with Gasteiger partial charge in [-0.3, -0.25) is 4.68 Å². The van der Waals surface area contributed by atoms with Crippen molar-refractivity contribution in [1.29, 1.82) is 0 Å². The number of aliphatic carboxylic acids is 1. The van der Waals surface area contributed by atoms with Crippen molar-refractivity contribution in [3.8, 4) is 0 Å². The quantitative estimate of drug-likeness (QED) is 0.814. The molecule has 1 aromatic carbocycles. The Labute approximate surface area is 98.8 Å². The highest BCUT2D eigenvalue weighted by atomic mass is 16.4. The molecule has 0 bridgehead atoms. The molecule has 0 unspecified atom stereocenters. The maximum Gasteiger partial charge on any atom is 0.328 e. The summed E-state index contributed by atoms with van der Waals surface area (Å²) >= 11 is 0. The lowest BCUT2D eigenvalue weighted by molar-refractivity contribution is -0.131. The van der Waals surface area contributed by atoms with E-state index in [4.69, 9.17) is 5.11 Å². The van der Waals surface area contributed by atoms with E-state index >= 15 is 0 Å². The van der Waals surface area contributed by atoms with Crippen molar-refractivity contribution < 1.29 is 9.90 Å². The predicted molar refractivity (Wildman–Crippen MR) is 64.4 cm³/mol. The summed E-state index contributed by atoms with van der Waals surface area (Å²) in [5.41, 5.74) is 1.96. The third-order valence-corrected chi connectivity index (χ3v) is 2.27. The van der Waals surface area contributed by atoms with Gasteiger partial charge in [0.15, 0.2) is 0 Å². The molecule has 1 heterocycles. The summed E-state index contributed by atoms with van der Waals surface area (Å²) in [7, 11) is 0. The Kier molecular flexibility index (Phi) is 3.35. The van der Waals surface area contributed by atoms with Gasteiger partial charge < -0.3 is 5.11 Å². The second kappa shape index (κ2) is 5.12. The van der Waals surface area contributed by atoms with Crippen LogP contribution < -0.4 is 0 Å². The molecule has 0 atom stereocenters. The predicted octanol–water partition coefficient (Wildman–Crippen LogP) is 2.03. The molecule has 0 spiro atoms. The molecule has 4 heteroatoms. The first kappa shape index (κ1) is 11.1. The van der Waals surface area contributed by atoms with Crippen LogP contribution in [0.2, 0.25) is 0 Å². The lowest BCUT2D eigenvalue weighted by Gasteiger charge is -2.02. The summed E-state index contributed by atoms with van der Waals surface area (Å²) in [6.07, 6.45) is 6.33. The number of carboxylic acids is 1. The fourth-order valence-corrected chi connectivity index (χ4v) is 1.54. The normalized spacial score (nSPS) is 10.8. The van der Waals surface area contributed by atoms with Gasteiger partial charge in [-0.1, -0.05) is 18.2 Å². The second-order valence-electron chi connectivity index (χ2n) is 3.62. The van der Waals surface area contributed by atoms with Crippen LogP contribution in [0.1, 0.15) is 11.1 Å². The van der Waals surface area contributed by atoms with Crippen molar-refractivity contribution >= 4 is 12.0 Å². The topological polar surface area (TPSA) is 55.1 Å². The third kappa shape index (κ3) is 3.31. The molecule has 86 valence electrons. The molecule has 0 amide bonds. The van der Waals surface area contributed by atoms with E-state index in [0.29, 0.717) is 6.54 Å². The van der Waals surface area contributed by atoms with Gasteiger partial charge in [-0.05, 0) is 29.3 Å². The van der Waals surface area contributed by atoms with E-state index in [-0.39, 0.29) is 0 Å². The van der Waals surface area contributed by atoms with Crippen molar-refractivity contribution in [3.63, 3.8) is 0 Å². The number of benzene rings is 1. The molecule has 1 aromatic heterocycles. The van der Waals surface area contributed by atoms with Gasteiger partial charge in [0.1, 0.15) is 0 Å². The van der Waals surface area contributed by atoms with Gasteiger partial charge in [0.25, 0.3) is 0 Å². The second-order valence-corrected chi connectivity index (χ2v) is 3.62. The zero-order valence-corrected chi connectivity index (χ0v) is 9.15. The van der Waals surface area contributed by atoms with Crippen LogP contribution in [-0.2, 0) is 11.3 Å². The Bertz CT molecular complexity index is 530. The number of rotatable bonds is 4. The third-order valence-electron chi connectivity index (χ3n) is 2.27. The molecule has 0 radical (unpaired) electrons. The fourth-order valence-electron chi connectivity index (χ4n) is 1.54. The Morgan fingerprint density at radius 3 is 3.00 bits per heavy atom. The molecule has 17 heavy (non-hydrogen) atoms. The number of carbonyl (C=O) groups is 1. The largest absolute Gasteiger partial charge is 0.478 e. The van der Waals surface area contributed by atoms with Crippen LogP contribution in [0.3, 0.4) is 0 Å². The zero-order chi connectivity index (χ0) is 12.1. The van der Waals surface area contributed by atoms with Gasteiger partial charge in [0, 0.05) is 18.5 Å². The average molecular weight is 228 g/mol. The SMILES string of the molecule is O=C(O)C=Cc1cccc(Cn2cccn2)c1. The number of hydrogen-bond acceptors (Lipinski definition) is 2. The van der Waals surface area contributed by atoms with Crippen LogP contribution in [0.5, 0.6) is 0 Å². The smallest absolute Gasteiger partial charge is 0.328 e. The summed E-state index contributed by atoms with van der Waals surface area (Å²) in [6.45, 7) is 0.682. The number of hydrogen-bond donors (Lipinski definition) is 1. The lowest BCUT2D eigenvalue weighted by Crippen LogP contribution is -1.99. The number of carboxylic acid groups (broad SMARTS) is 1. The van der Waals surface area contributed by atoms with Crippen LogP contribution in [0, 0.1) is 0 Å². The fraction of sp³-hybridized carbons (Fsp3) is 0.0769. The van der Waals surface area contributed by atoms with E-state index in [2.05, 4.69) is 5.10 Å². The van der Waals surface area contributed by atoms with E-state index in [1.807, 2.05) is 41.2 Å². The molecule has 0 aliphatic heterocycles. The van der Waals surface area contributed by atoms with Crippen LogP contribution in [0.4, 0.5) is 0 Å². The van der Waals surface area contributed by atoms with Gasteiger partial charge in [0.2, 0.25) is 0 Å². The highest BCUT2D eigenvalue weighted by Gasteiger charge is 1.96. The van der Waals surface area contributed by atoms with Crippen LogP contribution in [0.25, 0.3) is 6.08 Å². The molecule has 2 rings (SSSR count). The Morgan fingerprint density at radius 2 is 2.29 bits per heavy atom. The molecule has 0 fully saturated rings. The molecule has 0 saturated carbocycles. The number of aromatic nitrogens is 2. The van der Waals surface area contributed by atoms with E-state index in [1.54, 1.807) is 12.3 Å². The highest BCUT2D eigenvalue weighted by molar-refractivity contribution is 5.85. The molecule has 0 aliphatic rings. The Balaban J connectivity index is 2.14. The van der Waals surface area contributed by atoms with Gasteiger partial charge >= 0.3 is 5.97 Å². The summed E-state index contributed by atoms with van der Waals surface area (Å²) in [5, 5.41) is 12.7. The van der Waals surface area contributed by atoms with Crippen LogP contribution >= 0.6 is 0 Å². The molecule has 2 aromatic rings. The maximum absolute atomic E-state index is 10.4. The van der Waals surface area contributed by atoms with E-state index in [9.17, 15) is 4.79 Å². The van der Waals surface area contributed by atoms with Gasteiger partial charge in [-0.2, -0.15) is 5.10 Å². The first-order chi connectivity index (χ1) is 8.24. The zero-order valence-electron chi connectivity index (χ0n) is 9.15. The molecular weight excluding hydrogens is 216 g/mol. The molecule has 0 saturated heterocycles. The first-order valence-corrected chi connectivity index (χ1v) is 5.21. The first-order valence-electron chi connectivity index (χ1n) is 5.21. The van der Waals surface area contributed by atoms with Gasteiger partial charge in [-0.15, -0.1) is 0 Å². The molecular formula is C13H12N2O2. The molecule has 1 N–H and O–H groups in total. The summed E-state index contributed by atoms with van der Waals surface area (Å²) < 4.78 is 1.82. The minimum Gasteiger partial charge on any atom is -0.478 e. The average Bonchev–Trinajstić information content (AvgIpc) is 2.80. The minimum absolute atomic E-state index is 0.682. The molecule has 0 aliphatic carbocycles. The minimum atomic E-state index is -0.942. The summed E-state index contributed by atoms with van der Waals surface area (Å²) in [5.74, 6) is -0.942. The van der Waals surface area contributed by atoms with Crippen molar-refractivity contribution in [2.75, 3.05) is 0 Å². The monoisotopic (exact) mass is 228 g/mol. The van der Waals surface area contributed by atoms with Crippen molar-refractivity contribution in [2.45, 2.75) is 6.54 Å². The standard InChI is InChI=1S/C13H12N2O2/c16-13(17)6-5-11-3-1-4-12(9-11)10-15-8-2-7-14-15/h1-9H,10H2,(H,16,17). The Morgan fingerprint density at radius 1 is 1.41 bits per heavy atom. The summed E-state index contributed by atoms with van der Waals surface area (Å²) in [4.78, 5) is 10.4. The Hall–Kier alpha value is -2.36. The number of nitrogens with zero attached hydrogens (tertiary/aromatic N) is 2. The van der Waals surface area contributed by atoms with Crippen LogP contribution in [0.15, 0.2) is 48.8 Å². The van der Waals surface area contributed by atoms with Crippen molar-refractivity contribution in [3.05, 3.63) is 59.9 Å². The van der Waals surface area contributed by atoms with E-state index in [1.165, 1.54) is 0 Å². The lowest BCUT2D eigenvalue weighted by atomic mass is 10.1. The van der Waals surface area contributed by atoms with Crippen molar-refractivity contribution in [2.24, 2.45) is 0 Å². The van der Waals surface area contributed by atoms with Gasteiger partial charge in [-0.25, -0.2) is 4.79 Å². The van der Waals surface area contributed by atoms with Crippen molar-refractivity contribution in [1.82, 2.24) is 9.78 Å². The van der Waals surface area contributed by atoms with Crippen LogP contribution in [-0.4, -0.2) is 20.9 Å². The molecule has 4 nitrogen and oxygen atoms in total. The highest BCUT2D eigenvalue weighted by Crippen LogP contribution is 2.08. The van der Waals surface area contributed by atoms with Gasteiger partial charge in [0.05, 0.1) is 6.54 Å². The van der Waals surface area contributed by atoms with E-state index in [0.717, 1.165) is 17.2 Å².